The average molecular weight is 558 g/mol. The number of para-hydroxylation sites is 1. The third-order valence-corrected chi connectivity index (χ3v) is 5.51. The van der Waals surface area contributed by atoms with Gasteiger partial charge in [0.25, 0.3) is 11.8 Å². The summed E-state index contributed by atoms with van der Waals surface area (Å²) < 4.78 is 7.23. The number of carbonyl (C=O) groups is 2. The number of hydrazone groups is 2. The zero-order chi connectivity index (χ0) is 22.8. The fourth-order valence-corrected chi connectivity index (χ4v) is 3.28. The molecule has 0 unspecified atom stereocenters. The highest BCUT2D eigenvalue weighted by atomic mass is 79.9. The largest absolute Gasteiger partial charge is 0.483 e. The van der Waals surface area contributed by atoms with E-state index >= 15 is 0 Å². The van der Waals surface area contributed by atoms with Gasteiger partial charge in [-0.05, 0) is 24.3 Å². The zero-order valence-corrected chi connectivity index (χ0v) is 19.8. The summed E-state index contributed by atoms with van der Waals surface area (Å²) in [5.74, 6) is -0.669. The molecule has 3 aromatic rings. The molecular weight excluding hydrogens is 540 g/mol. The van der Waals surface area contributed by atoms with Crippen LogP contribution in [0.4, 0.5) is 0 Å². The summed E-state index contributed by atoms with van der Waals surface area (Å²) in [7, 11) is 0. The van der Waals surface area contributed by atoms with Crippen molar-refractivity contribution in [2.24, 2.45) is 10.2 Å². The quantitative estimate of drug-likeness (QED) is 0.315. The van der Waals surface area contributed by atoms with Gasteiger partial charge in [-0.1, -0.05) is 80.4 Å². The first-order valence-corrected chi connectivity index (χ1v) is 11.0. The maximum Gasteiger partial charge on any atom is 0.277 e. The molecule has 0 fully saturated rings. The molecule has 0 aromatic heterocycles. The molecule has 7 nitrogen and oxygen atoms in total. The molecule has 2 N–H and O–H groups in total. The van der Waals surface area contributed by atoms with E-state index in [1.54, 1.807) is 24.3 Å². The van der Waals surface area contributed by atoms with Gasteiger partial charge in [0.2, 0.25) is 0 Å². The van der Waals surface area contributed by atoms with Gasteiger partial charge in [-0.2, -0.15) is 10.2 Å². The van der Waals surface area contributed by atoms with E-state index in [-0.39, 0.29) is 17.9 Å². The van der Waals surface area contributed by atoms with E-state index in [0.717, 1.165) is 20.1 Å². The molecule has 162 valence electrons. The molecule has 0 aliphatic heterocycles. The lowest BCUT2D eigenvalue weighted by atomic mass is 10.2. The van der Waals surface area contributed by atoms with E-state index < -0.39 is 11.8 Å². The van der Waals surface area contributed by atoms with E-state index in [1.165, 1.54) is 12.4 Å². The maximum absolute atomic E-state index is 12.5. The predicted molar refractivity (Wildman–Crippen MR) is 131 cm³/mol. The van der Waals surface area contributed by atoms with Crippen molar-refractivity contribution in [2.45, 2.75) is 0 Å². The number of nitrogens with one attached hydrogen (secondary N) is 2. The molecule has 0 atom stereocenters. The SMILES string of the molecule is O=C(COc1ccccc1C(=O)NN=Cc1ccccc1Br)NN=Cc1ccccc1Br. The Bertz CT molecular complexity index is 1170. The summed E-state index contributed by atoms with van der Waals surface area (Å²) >= 11 is 6.82. The Morgan fingerprint density at radius 2 is 1.31 bits per heavy atom. The second-order valence-electron chi connectivity index (χ2n) is 6.32. The van der Waals surface area contributed by atoms with Gasteiger partial charge >= 0.3 is 0 Å². The third kappa shape index (κ3) is 6.86. The fraction of sp³-hybridized carbons (Fsp3) is 0.0435. The first-order valence-electron chi connectivity index (χ1n) is 9.41. The van der Waals surface area contributed by atoms with Gasteiger partial charge in [0.15, 0.2) is 6.61 Å². The van der Waals surface area contributed by atoms with Gasteiger partial charge in [-0.25, -0.2) is 10.9 Å². The normalized spacial score (nSPS) is 10.9. The van der Waals surface area contributed by atoms with E-state index in [9.17, 15) is 9.59 Å². The molecule has 0 heterocycles. The number of carbonyl (C=O) groups excluding carboxylic acids is 2. The molecule has 0 radical (unpaired) electrons. The number of hydrogen-bond acceptors (Lipinski definition) is 5. The number of amides is 2. The van der Waals surface area contributed by atoms with Crippen molar-refractivity contribution in [3.05, 3.63) is 98.4 Å². The summed E-state index contributed by atoms with van der Waals surface area (Å²) in [5, 5.41) is 7.89. The lowest BCUT2D eigenvalue weighted by molar-refractivity contribution is -0.123. The molecule has 3 rings (SSSR count). The van der Waals surface area contributed by atoms with Crippen LogP contribution in [-0.4, -0.2) is 30.9 Å². The van der Waals surface area contributed by atoms with Crippen LogP contribution in [0.25, 0.3) is 0 Å². The molecule has 2 amide bonds. The highest BCUT2D eigenvalue weighted by molar-refractivity contribution is 9.10. The smallest absolute Gasteiger partial charge is 0.277 e. The summed E-state index contributed by atoms with van der Waals surface area (Å²) in [6, 6.07) is 21.5. The Labute approximate surface area is 201 Å². The van der Waals surface area contributed by atoms with Crippen molar-refractivity contribution >= 4 is 56.1 Å². The lowest BCUT2D eigenvalue weighted by Gasteiger charge is -2.09. The van der Waals surface area contributed by atoms with Crippen LogP contribution in [0.15, 0.2) is 91.9 Å². The van der Waals surface area contributed by atoms with Gasteiger partial charge in [0, 0.05) is 20.1 Å². The van der Waals surface area contributed by atoms with Crippen LogP contribution >= 0.6 is 31.9 Å². The highest BCUT2D eigenvalue weighted by Crippen LogP contribution is 2.18. The van der Waals surface area contributed by atoms with Crippen LogP contribution in [0.1, 0.15) is 21.5 Å². The molecule has 0 saturated carbocycles. The Hall–Kier alpha value is -3.30. The molecule has 9 heteroatoms. The molecule has 0 saturated heterocycles. The van der Waals surface area contributed by atoms with Crippen LogP contribution < -0.4 is 15.6 Å². The third-order valence-electron chi connectivity index (χ3n) is 4.06. The summed E-state index contributed by atoms with van der Waals surface area (Å²) in [4.78, 5) is 24.5. The monoisotopic (exact) mass is 556 g/mol. The molecule has 0 aliphatic carbocycles. The average Bonchev–Trinajstić information content (AvgIpc) is 2.80. The second-order valence-corrected chi connectivity index (χ2v) is 8.03. The van der Waals surface area contributed by atoms with Gasteiger partial charge in [-0.3, -0.25) is 9.59 Å². The maximum atomic E-state index is 12.5. The van der Waals surface area contributed by atoms with Crippen molar-refractivity contribution in [2.75, 3.05) is 6.61 Å². The summed E-state index contributed by atoms with van der Waals surface area (Å²) in [5.41, 5.74) is 6.74. The van der Waals surface area contributed by atoms with Crippen molar-refractivity contribution in [3.8, 4) is 5.75 Å². The first kappa shape index (κ1) is 23.4. The van der Waals surface area contributed by atoms with Crippen molar-refractivity contribution in [1.29, 1.82) is 0 Å². The molecule has 0 spiro atoms. The summed E-state index contributed by atoms with van der Waals surface area (Å²) in [6.07, 6.45) is 3.05. The van der Waals surface area contributed by atoms with E-state index in [1.807, 2.05) is 48.5 Å². The number of ether oxygens (including phenoxy) is 1. The molecule has 0 bridgehead atoms. The molecule has 32 heavy (non-hydrogen) atoms. The zero-order valence-electron chi connectivity index (χ0n) is 16.7. The number of hydrogen-bond donors (Lipinski definition) is 2. The van der Waals surface area contributed by atoms with E-state index in [0.29, 0.717) is 0 Å². The Morgan fingerprint density at radius 3 is 1.94 bits per heavy atom. The van der Waals surface area contributed by atoms with Crippen LogP contribution in [0.2, 0.25) is 0 Å². The Morgan fingerprint density at radius 1 is 0.781 bits per heavy atom. The van der Waals surface area contributed by atoms with E-state index in [4.69, 9.17) is 4.74 Å². The van der Waals surface area contributed by atoms with Crippen LogP contribution in [0, 0.1) is 0 Å². The van der Waals surface area contributed by atoms with Crippen molar-refractivity contribution < 1.29 is 14.3 Å². The minimum absolute atomic E-state index is 0.251. The first-order chi connectivity index (χ1) is 15.5. The standard InChI is InChI=1S/C23H18Br2N4O3/c24-19-10-4-1-7-16(19)13-26-28-22(30)15-32-21-12-6-3-9-18(21)23(31)29-27-14-17-8-2-5-11-20(17)25/h1-14H,15H2,(H,28,30)(H,29,31). The lowest BCUT2D eigenvalue weighted by Crippen LogP contribution is -2.26. The predicted octanol–water partition coefficient (Wildman–Crippen LogP) is 4.50. The van der Waals surface area contributed by atoms with Gasteiger partial charge < -0.3 is 4.74 Å². The van der Waals surface area contributed by atoms with Gasteiger partial charge in [-0.15, -0.1) is 0 Å². The second kappa shape index (κ2) is 11.9. The minimum atomic E-state index is -0.463. The highest BCUT2D eigenvalue weighted by Gasteiger charge is 2.12. The number of benzene rings is 3. The Kier molecular flexibility index (Phi) is 8.70. The molecular formula is C23H18Br2N4O3. The molecule has 3 aromatic carbocycles. The van der Waals surface area contributed by atoms with Crippen LogP contribution in [0.5, 0.6) is 5.75 Å². The number of rotatable bonds is 8. The minimum Gasteiger partial charge on any atom is -0.483 e. The van der Waals surface area contributed by atoms with Gasteiger partial charge in [0.05, 0.1) is 18.0 Å². The fourth-order valence-electron chi connectivity index (χ4n) is 2.51. The molecule has 0 aliphatic rings. The number of halogens is 2. The van der Waals surface area contributed by atoms with E-state index in [2.05, 4.69) is 52.9 Å². The summed E-state index contributed by atoms with van der Waals surface area (Å²) in [6.45, 7) is -0.308. The van der Waals surface area contributed by atoms with Crippen LogP contribution in [0.3, 0.4) is 0 Å². The number of nitrogens with zero attached hydrogens (tertiary/aromatic N) is 2. The van der Waals surface area contributed by atoms with Crippen molar-refractivity contribution in [3.63, 3.8) is 0 Å². The van der Waals surface area contributed by atoms with Crippen molar-refractivity contribution in [1.82, 2.24) is 10.9 Å². The topological polar surface area (TPSA) is 92.2 Å². The Balaban J connectivity index is 1.55. The van der Waals surface area contributed by atoms with Crippen LogP contribution in [-0.2, 0) is 4.79 Å². The van der Waals surface area contributed by atoms with Gasteiger partial charge in [0.1, 0.15) is 5.75 Å².